The second-order valence-corrected chi connectivity index (χ2v) is 5.30. The van der Waals surface area contributed by atoms with Crippen molar-refractivity contribution < 1.29 is 23.1 Å². The molecule has 0 saturated heterocycles. The zero-order valence-corrected chi connectivity index (χ0v) is 12.7. The zero-order chi connectivity index (χ0) is 16.8. The third kappa shape index (κ3) is 4.98. The Hall–Kier alpha value is -1.63. The van der Waals surface area contributed by atoms with Crippen LogP contribution in [-0.4, -0.2) is 28.1 Å². The fourth-order valence-corrected chi connectivity index (χ4v) is 2.38. The summed E-state index contributed by atoms with van der Waals surface area (Å²) in [6.07, 6.45) is -1.16. The van der Waals surface area contributed by atoms with Crippen molar-refractivity contribution in [2.45, 2.75) is 51.3 Å². The predicted octanol–water partition coefficient (Wildman–Crippen LogP) is 3.16. The molecular weight excluding hydrogens is 297 g/mol. The Balaban J connectivity index is 2.86. The van der Waals surface area contributed by atoms with Crippen molar-refractivity contribution in [2.24, 2.45) is 0 Å². The first-order chi connectivity index (χ1) is 10.2. The van der Waals surface area contributed by atoms with Gasteiger partial charge in [-0.15, -0.1) is 0 Å². The maximum absolute atomic E-state index is 12.9. The van der Waals surface area contributed by atoms with Gasteiger partial charge in [0, 0.05) is 12.7 Å². The molecule has 1 aromatic rings. The summed E-state index contributed by atoms with van der Waals surface area (Å²) >= 11 is 0. The minimum absolute atomic E-state index is 0.0958. The van der Waals surface area contributed by atoms with Gasteiger partial charge in [0.2, 0.25) is 0 Å². The number of aromatic nitrogens is 1. The lowest BCUT2D eigenvalue weighted by atomic mass is 9.92. The van der Waals surface area contributed by atoms with E-state index in [1.165, 1.54) is 0 Å². The van der Waals surface area contributed by atoms with E-state index in [-0.39, 0.29) is 6.54 Å². The summed E-state index contributed by atoms with van der Waals surface area (Å²) in [6, 6.07) is 1.94. The van der Waals surface area contributed by atoms with Gasteiger partial charge >= 0.3 is 6.18 Å². The molecule has 1 rings (SSSR count). The van der Waals surface area contributed by atoms with Gasteiger partial charge < -0.3 is 10.4 Å². The number of carbonyl (C=O) groups excluding carboxylic acids is 1. The average Bonchev–Trinajstić information content (AvgIpc) is 2.44. The molecule has 0 atom stereocenters. The number of nitrogens with one attached hydrogen (secondary N) is 1. The second kappa shape index (κ2) is 7.58. The quantitative estimate of drug-likeness (QED) is 0.812. The third-order valence-corrected chi connectivity index (χ3v) is 3.34. The predicted molar refractivity (Wildman–Crippen MR) is 76.3 cm³/mol. The van der Waals surface area contributed by atoms with Crippen LogP contribution in [0.1, 0.15) is 55.6 Å². The van der Waals surface area contributed by atoms with E-state index in [2.05, 4.69) is 10.3 Å². The second-order valence-electron chi connectivity index (χ2n) is 5.30. The van der Waals surface area contributed by atoms with E-state index in [1.807, 2.05) is 13.8 Å². The highest BCUT2D eigenvalue weighted by Gasteiger charge is 2.36. The molecule has 2 N–H and O–H groups in total. The van der Waals surface area contributed by atoms with Crippen LogP contribution < -0.4 is 5.32 Å². The first-order valence-electron chi connectivity index (χ1n) is 7.26. The number of carbonyl (C=O) groups is 1. The first-order valence-corrected chi connectivity index (χ1v) is 7.26. The van der Waals surface area contributed by atoms with E-state index >= 15 is 0 Å². The summed E-state index contributed by atoms with van der Waals surface area (Å²) in [7, 11) is 0. The summed E-state index contributed by atoms with van der Waals surface area (Å²) in [5.74, 6) is -0.932. The number of rotatable bonds is 7. The van der Waals surface area contributed by atoms with E-state index in [9.17, 15) is 23.1 Å². The Kier molecular flexibility index (Phi) is 6.34. The van der Waals surface area contributed by atoms with Crippen LogP contribution in [0.25, 0.3) is 0 Å². The Bertz CT molecular complexity index is 498. The van der Waals surface area contributed by atoms with E-state index in [1.54, 1.807) is 0 Å². The van der Waals surface area contributed by atoms with E-state index in [0.717, 1.165) is 18.3 Å². The van der Waals surface area contributed by atoms with Crippen molar-refractivity contribution in [2.75, 3.05) is 6.54 Å². The molecule has 0 radical (unpaired) electrons. The van der Waals surface area contributed by atoms with Gasteiger partial charge in [-0.1, -0.05) is 26.7 Å². The Morgan fingerprint density at radius 1 is 1.27 bits per heavy atom. The van der Waals surface area contributed by atoms with Crippen molar-refractivity contribution in [3.63, 3.8) is 0 Å². The monoisotopic (exact) mass is 318 g/mol. The standard InChI is InChI=1S/C15H21F3N2O2/c1-3-7-14(22,8-4-2)10-20-13(21)12-11(15(16,17)18)6-5-9-19-12/h5-6,9,22H,3-4,7-8,10H2,1-2H3,(H,20,21). The van der Waals surface area contributed by atoms with E-state index in [4.69, 9.17) is 0 Å². The smallest absolute Gasteiger partial charge is 0.388 e. The highest BCUT2D eigenvalue weighted by molar-refractivity contribution is 5.93. The van der Waals surface area contributed by atoms with Crippen molar-refractivity contribution in [1.82, 2.24) is 10.3 Å². The minimum Gasteiger partial charge on any atom is -0.388 e. The lowest BCUT2D eigenvalue weighted by molar-refractivity contribution is -0.138. The van der Waals surface area contributed by atoms with Gasteiger partial charge in [-0.2, -0.15) is 13.2 Å². The van der Waals surface area contributed by atoms with Crippen molar-refractivity contribution in [1.29, 1.82) is 0 Å². The first kappa shape index (κ1) is 18.4. The van der Waals surface area contributed by atoms with Crippen LogP contribution in [0.15, 0.2) is 18.3 Å². The van der Waals surface area contributed by atoms with Crippen LogP contribution in [0.5, 0.6) is 0 Å². The van der Waals surface area contributed by atoms with Crippen molar-refractivity contribution in [3.8, 4) is 0 Å². The lowest BCUT2D eigenvalue weighted by Crippen LogP contribution is -2.43. The molecule has 1 amide bonds. The van der Waals surface area contributed by atoms with Crippen molar-refractivity contribution in [3.05, 3.63) is 29.6 Å². The van der Waals surface area contributed by atoms with Crippen LogP contribution in [0.4, 0.5) is 13.2 Å². The maximum Gasteiger partial charge on any atom is 0.418 e. The molecule has 7 heteroatoms. The molecule has 124 valence electrons. The van der Waals surface area contributed by atoms with E-state index < -0.39 is 28.9 Å². The van der Waals surface area contributed by atoms with Crippen LogP contribution in [0.2, 0.25) is 0 Å². The van der Waals surface area contributed by atoms with Crippen LogP contribution in [0.3, 0.4) is 0 Å². The van der Waals surface area contributed by atoms with Crippen LogP contribution in [0, 0.1) is 0 Å². The molecule has 4 nitrogen and oxygen atoms in total. The van der Waals surface area contributed by atoms with Gasteiger partial charge in [-0.05, 0) is 25.0 Å². The summed E-state index contributed by atoms with van der Waals surface area (Å²) in [6.45, 7) is 3.69. The highest BCUT2D eigenvalue weighted by atomic mass is 19.4. The van der Waals surface area contributed by atoms with Gasteiger partial charge in [-0.3, -0.25) is 9.78 Å². The topological polar surface area (TPSA) is 62.2 Å². The molecule has 0 aliphatic rings. The number of amides is 1. The normalized spacial score (nSPS) is 12.3. The average molecular weight is 318 g/mol. The molecule has 0 aliphatic carbocycles. The van der Waals surface area contributed by atoms with Gasteiger partial charge in [-0.25, -0.2) is 0 Å². The van der Waals surface area contributed by atoms with Gasteiger partial charge in [0.1, 0.15) is 5.69 Å². The molecule has 0 aromatic carbocycles. The van der Waals surface area contributed by atoms with Gasteiger partial charge in [0.05, 0.1) is 11.2 Å². The summed E-state index contributed by atoms with van der Waals surface area (Å²) in [4.78, 5) is 15.5. The molecule has 0 bridgehead atoms. The number of pyridine rings is 1. The van der Waals surface area contributed by atoms with Gasteiger partial charge in [0.15, 0.2) is 0 Å². The number of aliphatic hydroxyl groups is 1. The Morgan fingerprint density at radius 2 is 1.86 bits per heavy atom. The largest absolute Gasteiger partial charge is 0.418 e. The SMILES string of the molecule is CCCC(O)(CCC)CNC(=O)c1ncccc1C(F)(F)F. The zero-order valence-electron chi connectivity index (χ0n) is 12.7. The minimum atomic E-state index is -4.65. The third-order valence-electron chi connectivity index (χ3n) is 3.34. The summed E-state index contributed by atoms with van der Waals surface area (Å²) in [5.41, 5.74) is -2.86. The van der Waals surface area contributed by atoms with Gasteiger partial charge in [0.25, 0.3) is 5.91 Å². The molecule has 22 heavy (non-hydrogen) atoms. The fourth-order valence-electron chi connectivity index (χ4n) is 2.38. The molecule has 0 spiro atoms. The highest BCUT2D eigenvalue weighted by Crippen LogP contribution is 2.31. The fraction of sp³-hybridized carbons (Fsp3) is 0.600. The lowest BCUT2D eigenvalue weighted by Gasteiger charge is -2.27. The molecule has 1 aromatic heterocycles. The summed E-state index contributed by atoms with van der Waals surface area (Å²) < 4.78 is 38.6. The molecule has 0 aliphatic heterocycles. The van der Waals surface area contributed by atoms with Crippen LogP contribution in [-0.2, 0) is 6.18 Å². The number of nitrogens with zero attached hydrogens (tertiary/aromatic N) is 1. The molecular formula is C15H21F3N2O2. The van der Waals surface area contributed by atoms with Crippen LogP contribution >= 0.6 is 0 Å². The molecule has 0 unspecified atom stereocenters. The number of hydrogen-bond donors (Lipinski definition) is 2. The Labute approximate surface area is 127 Å². The Morgan fingerprint density at radius 3 is 2.36 bits per heavy atom. The number of hydrogen-bond acceptors (Lipinski definition) is 3. The number of alkyl halides is 3. The molecule has 0 saturated carbocycles. The maximum atomic E-state index is 12.9. The van der Waals surface area contributed by atoms with E-state index in [0.29, 0.717) is 25.7 Å². The molecule has 1 heterocycles. The number of halogens is 3. The van der Waals surface area contributed by atoms with Crippen molar-refractivity contribution >= 4 is 5.91 Å². The molecule has 0 fully saturated rings. The summed E-state index contributed by atoms with van der Waals surface area (Å²) in [5, 5.41) is 12.7.